The van der Waals surface area contributed by atoms with E-state index in [1.54, 1.807) is 0 Å². The van der Waals surface area contributed by atoms with E-state index in [2.05, 4.69) is 9.47 Å². The van der Waals surface area contributed by atoms with Crippen molar-refractivity contribution in [3.63, 3.8) is 0 Å². The number of esters is 1. The molecule has 0 heterocycles. The molecule has 6 heteroatoms. The van der Waals surface area contributed by atoms with Crippen molar-refractivity contribution in [3.05, 3.63) is 0 Å². The van der Waals surface area contributed by atoms with Crippen molar-refractivity contribution in [2.45, 2.75) is 6.92 Å². The Morgan fingerprint density at radius 2 is 1.77 bits per heavy atom. The lowest BCUT2D eigenvalue weighted by atomic mass is 9.90. The van der Waals surface area contributed by atoms with Crippen LogP contribution in [0.15, 0.2) is 0 Å². The Hall–Kier alpha value is -1.04. The molecule has 0 bridgehead atoms. The van der Waals surface area contributed by atoms with E-state index in [-0.39, 0.29) is 6.79 Å². The highest BCUT2D eigenvalue weighted by atomic mass is 16.7. The summed E-state index contributed by atoms with van der Waals surface area (Å²) in [6, 6.07) is 0. The van der Waals surface area contributed by atoms with Gasteiger partial charge in [0.25, 0.3) is 0 Å². The summed E-state index contributed by atoms with van der Waals surface area (Å²) in [5.74, 6) is -0.980. The van der Waals surface area contributed by atoms with Crippen LogP contribution in [0.25, 0.3) is 0 Å². The van der Waals surface area contributed by atoms with Gasteiger partial charge in [0.05, 0.1) is 0 Å². The molecule has 1 radical (unpaired) electrons. The number of hydrogen-bond acceptors (Lipinski definition) is 4. The molecule has 0 unspecified atom stereocenters. The summed E-state index contributed by atoms with van der Waals surface area (Å²) in [5.41, 5.74) is 0. The third-order valence-corrected chi connectivity index (χ3v) is 0.956. The maximum atomic E-state index is 11.0. The van der Waals surface area contributed by atoms with E-state index >= 15 is 0 Å². The fraction of sp³-hybridized carbons (Fsp3) is 0.714. The van der Waals surface area contributed by atoms with Gasteiger partial charge in [-0.05, 0) is 0 Å². The molecular weight excluding hydrogens is 173 g/mol. The van der Waals surface area contributed by atoms with Crippen LogP contribution in [0.4, 0.5) is 4.79 Å². The molecule has 0 N–H and O–H groups in total. The van der Waals surface area contributed by atoms with Crippen LogP contribution in [0.3, 0.4) is 0 Å². The Bertz CT molecular complexity index is 199. The highest BCUT2D eigenvalue weighted by molar-refractivity contribution is 6.66. The van der Waals surface area contributed by atoms with Gasteiger partial charge in [-0.3, -0.25) is 9.59 Å². The second kappa shape index (κ2) is 4.86. The number of carbonyl (C=O) groups is 2. The number of rotatable bonds is 4. The molecule has 0 amide bonds. The number of carbonyl (C=O) groups excluding carboxylic acids is 2. The molecule has 5 nitrogen and oxygen atoms in total. The maximum Gasteiger partial charge on any atom is 0.578 e. The van der Waals surface area contributed by atoms with Gasteiger partial charge in [0.1, 0.15) is 0 Å². The first-order valence-corrected chi connectivity index (χ1v) is 3.78. The Balaban J connectivity index is 3.59. The van der Waals surface area contributed by atoms with Gasteiger partial charge in [0.15, 0.2) is 0 Å². The van der Waals surface area contributed by atoms with Crippen LogP contribution in [0, 0.1) is 0 Å². The minimum absolute atomic E-state index is 0.329. The summed E-state index contributed by atoms with van der Waals surface area (Å²) in [6.07, 6.45) is 0. The molecule has 0 rings (SSSR count). The number of ether oxygens (including phenoxy) is 2. The standard InChI is InChI=1S/C7H14BNO4/c1-6(10)12-5-13-7(11)8-9(2,3)4/h5H2,1-4H3/q+1. The van der Waals surface area contributed by atoms with Crippen LogP contribution in [0.1, 0.15) is 6.92 Å². The lowest BCUT2D eigenvalue weighted by molar-refractivity contribution is -0.753. The van der Waals surface area contributed by atoms with Crippen molar-refractivity contribution in [2.75, 3.05) is 27.9 Å². The molecular formula is C7H14BNO4+. The van der Waals surface area contributed by atoms with Crippen LogP contribution in [0.5, 0.6) is 0 Å². The van der Waals surface area contributed by atoms with Crippen LogP contribution >= 0.6 is 0 Å². The average molecular weight is 187 g/mol. The highest BCUT2D eigenvalue weighted by Gasteiger charge is 2.23. The molecule has 0 aromatic carbocycles. The molecule has 0 aromatic rings. The first kappa shape index (κ1) is 12.0. The summed E-state index contributed by atoms with van der Waals surface area (Å²) in [5, 5.41) is 0. The zero-order chi connectivity index (χ0) is 10.5. The third kappa shape index (κ3) is 8.87. The average Bonchev–Trinajstić information content (AvgIpc) is 1.81. The highest BCUT2D eigenvalue weighted by Crippen LogP contribution is 1.90. The molecule has 0 fully saturated rings. The van der Waals surface area contributed by atoms with Crippen LogP contribution in [0.2, 0.25) is 0 Å². The fourth-order valence-corrected chi connectivity index (χ4v) is 0.524. The van der Waals surface area contributed by atoms with Crippen molar-refractivity contribution in [2.24, 2.45) is 0 Å². The molecule has 0 aliphatic heterocycles. The minimum Gasteiger partial charge on any atom is -0.430 e. The molecule has 0 aromatic heterocycles. The Morgan fingerprint density at radius 1 is 1.23 bits per heavy atom. The van der Waals surface area contributed by atoms with Crippen molar-refractivity contribution >= 4 is 19.3 Å². The molecule has 13 heavy (non-hydrogen) atoms. The second-order valence-corrected chi connectivity index (χ2v) is 3.46. The zero-order valence-electron chi connectivity index (χ0n) is 8.36. The smallest absolute Gasteiger partial charge is 0.430 e. The monoisotopic (exact) mass is 187 g/mol. The lowest BCUT2D eigenvalue weighted by Crippen LogP contribution is -2.43. The van der Waals surface area contributed by atoms with Gasteiger partial charge in [-0.2, -0.15) is 0 Å². The maximum absolute atomic E-state index is 11.0. The first-order chi connectivity index (χ1) is 5.81. The Labute approximate surface area is 78.5 Å². The quantitative estimate of drug-likeness (QED) is 0.352. The molecule has 0 saturated carbocycles. The van der Waals surface area contributed by atoms with Crippen molar-refractivity contribution < 1.29 is 23.5 Å². The van der Waals surface area contributed by atoms with E-state index in [0.29, 0.717) is 4.39 Å². The Kier molecular flexibility index (Phi) is 4.47. The van der Waals surface area contributed by atoms with Gasteiger partial charge in [-0.15, -0.1) is 0 Å². The van der Waals surface area contributed by atoms with E-state index in [9.17, 15) is 9.59 Å². The largest absolute Gasteiger partial charge is 0.578 e. The summed E-state index contributed by atoms with van der Waals surface area (Å²) in [6.45, 7) is 0.919. The van der Waals surface area contributed by atoms with Crippen molar-refractivity contribution in [3.8, 4) is 0 Å². The predicted octanol–water partition coefficient (Wildman–Crippen LogP) is -0.0310. The summed E-state index contributed by atoms with van der Waals surface area (Å²) in [7, 11) is 6.80. The van der Waals surface area contributed by atoms with E-state index < -0.39 is 11.8 Å². The van der Waals surface area contributed by atoms with Gasteiger partial charge in [-0.25, -0.2) is 0 Å². The van der Waals surface area contributed by atoms with Crippen LogP contribution in [-0.4, -0.2) is 51.6 Å². The van der Waals surface area contributed by atoms with Gasteiger partial charge in [0.2, 0.25) is 6.79 Å². The summed E-state index contributed by atoms with van der Waals surface area (Å²) < 4.78 is 9.35. The molecule has 0 aliphatic carbocycles. The predicted molar refractivity (Wildman–Crippen MR) is 46.9 cm³/mol. The lowest BCUT2D eigenvalue weighted by Gasteiger charge is -2.20. The first-order valence-electron chi connectivity index (χ1n) is 3.78. The topological polar surface area (TPSA) is 52.6 Å². The van der Waals surface area contributed by atoms with Gasteiger partial charge >= 0.3 is 19.3 Å². The van der Waals surface area contributed by atoms with Crippen LogP contribution < -0.4 is 0 Å². The minimum atomic E-state index is -0.506. The Morgan fingerprint density at radius 3 is 2.15 bits per heavy atom. The number of nitrogens with zero attached hydrogens (tertiary/aromatic N) is 1. The molecule has 0 saturated heterocycles. The number of quaternary nitrogens is 1. The zero-order valence-corrected chi connectivity index (χ0v) is 8.36. The molecule has 0 atom stereocenters. The molecule has 0 spiro atoms. The second-order valence-electron chi connectivity index (χ2n) is 3.46. The van der Waals surface area contributed by atoms with E-state index in [0.717, 1.165) is 0 Å². The number of hydrogen-bond donors (Lipinski definition) is 0. The van der Waals surface area contributed by atoms with E-state index in [1.165, 1.54) is 14.3 Å². The van der Waals surface area contributed by atoms with E-state index in [4.69, 9.17) is 0 Å². The molecule has 0 aliphatic rings. The van der Waals surface area contributed by atoms with Gasteiger partial charge in [0, 0.05) is 28.1 Å². The summed E-state index contributed by atoms with van der Waals surface area (Å²) in [4.78, 5) is 21.2. The van der Waals surface area contributed by atoms with E-state index in [1.807, 2.05) is 21.1 Å². The van der Waals surface area contributed by atoms with Crippen LogP contribution in [-0.2, 0) is 14.3 Å². The van der Waals surface area contributed by atoms with Crippen molar-refractivity contribution in [1.82, 2.24) is 0 Å². The summed E-state index contributed by atoms with van der Waals surface area (Å²) >= 11 is 0. The normalized spacial score (nSPS) is 10.5. The van der Waals surface area contributed by atoms with Gasteiger partial charge in [-0.1, -0.05) is 0 Å². The molecule has 73 valence electrons. The SMILES string of the molecule is CC(=O)OCOC(=O)[B][N+](C)(C)C. The van der Waals surface area contributed by atoms with Gasteiger partial charge < -0.3 is 13.9 Å². The third-order valence-electron chi connectivity index (χ3n) is 0.956. The van der Waals surface area contributed by atoms with Crippen molar-refractivity contribution in [1.29, 1.82) is 0 Å². The fourth-order valence-electron chi connectivity index (χ4n) is 0.524.